The summed E-state index contributed by atoms with van der Waals surface area (Å²) in [5.74, 6) is 1.39. The number of benzene rings is 1. The van der Waals surface area contributed by atoms with Crippen molar-refractivity contribution < 1.29 is 4.39 Å². The van der Waals surface area contributed by atoms with Crippen LogP contribution in [0.25, 0.3) is 0 Å². The molecule has 1 aliphatic carbocycles. The molecule has 0 radical (unpaired) electrons. The molecule has 1 saturated carbocycles. The smallest absolute Gasteiger partial charge is 0.123 e. The van der Waals surface area contributed by atoms with Crippen molar-refractivity contribution in [1.29, 1.82) is 0 Å². The molecule has 0 saturated heterocycles. The number of halogens is 1. The van der Waals surface area contributed by atoms with Crippen LogP contribution in [0.3, 0.4) is 0 Å². The Balaban J connectivity index is 1.97. The normalized spacial score (nSPS) is 23.2. The van der Waals surface area contributed by atoms with Gasteiger partial charge in [0.2, 0.25) is 0 Å². The average Bonchev–Trinajstić information content (AvgIpc) is 2.77. The molecule has 2 rings (SSSR count). The van der Waals surface area contributed by atoms with Gasteiger partial charge in [0.05, 0.1) is 0 Å². The first kappa shape index (κ1) is 15.5. The zero-order chi connectivity index (χ0) is 14.8. The summed E-state index contributed by atoms with van der Waals surface area (Å²) in [6.07, 6.45) is 5.07. The zero-order valence-corrected chi connectivity index (χ0v) is 13.3. The highest BCUT2D eigenvalue weighted by Gasteiger charge is 2.28. The van der Waals surface area contributed by atoms with Crippen molar-refractivity contribution in [2.45, 2.75) is 58.9 Å². The minimum absolute atomic E-state index is 0.122. The predicted molar refractivity (Wildman–Crippen MR) is 83.4 cm³/mol. The number of rotatable bonds is 4. The molecule has 1 N–H and O–H groups in total. The molecular formula is C18H28FN. The Kier molecular flexibility index (Phi) is 4.85. The van der Waals surface area contributed by atoms with Gasteiger partial charge in [-0.2, -0.15) is 0 Å². The molecule has 0 bridgehead atoms. The van der Waals surface area contributed by atoms with Crippen LogP contribution in [0.2, 0.25) is 0 Å². The lowest BCUT2D eigenvalue weighted by Crippen LogP contribution is -2.40. The van der Waals surface area contributed by atoms with E-state index < -0.39 is 0 Å². The summed E-state index contributed by atoms with van der Waals surface area (Å²) < 4.78 is 13.2. The number of nitrogens with one attached hydrogen (secondary N) is 1. The molecule has 2 atom stereocenters. The van der Waals surface area contributed by atoms with Gasteiger partial charge in [-0.3, -0.25) is 0 Å². The summed E-state index contributed by atoms with van der Waals surface area (Å²) in [5.41, 5.74) is 2.61. The van der Waals surface area contributed by atoms with Gasteiger partial charge in [0.15, 0.2) is 0 Å². The highest BCUT2D eigenvalue weighted by Crippen LogP contribution is 2.34. The van der Waals surface area contributed by atoms with Crippen LogP contribution in [-0.4, -0.2) is 12.1 Å². The fourth-order valence-electron chi connectivity index (χ4n) is 3.26. The van der Waals surface area contributed by atoms with Crippen molar-refractivity contribution in [3.05, 3.63) is 35.1 Å². The summed E-state index contributed by atoms with van der Waals surface area (Å²) in [7, 11) is 0. The molecule has 1 nitrogen and oxygen atoms in total. The Hall–Kier alpha value is -0.890. The van der Waals surface area contributed by atoms with Crippen molar-refractivity contribution in [2.75, 3.05) is 6.54 Å². The molecule has 112 valence electrons. The van der Waals surface area contributed by atoms with Crippen LogP contribution in [0.15, 0.2) is 18.2 Å². The molecule has 0 spiro atoms. The second-order valence-corrected chi connectivity index (χ2v) is 7.36. The second-order valence-electron chi connectivity index (χ2n) is 7.36. The zero-order valence-electron chi connectivity index (χ0n) is 13.3. The summed E-state index contributed by atoms with van der Waals surface area (Å²) >= 11 is 0. The molecule has 20 heavy (non-hydrogen) atoms. The Morgan fingerprint density at radius 2 is 1.90 bits per heavy atom. The summed E-state index contributed by atoms with van der Waals surface area (Å²) in [6, 6.07) is 5.23. The molecule has 1 aromatic rings. The van der Waals surface area contributed by atoms with Crippen molar-refractivity contribution >= 4 is 0 Å². The van der Waals surface area contributed by atoms with Gasteiger partial charge in [-0.25, -0.2) is 4.39 Å². The Morgan fingerprint density at radius 1 is 1.20 bits per heavy atom. The summed E-state index contributed by atoms with van der Waals surface area (Å²) in [6.45, 7) is 9.80. The maximum Gasteiger partial charge on any atom is 0.123 e. The van der Waals surface area contributed by atoms with E-state index in [9.17, 15) is 4.39 Å². The van der Waals surface area contributed by atoms with Crippen LogP contribution in [0.5, 0.6) is 0 Å². The number of hydrogen-bond acceptors (Lipinski definition) is 1. The van der Waals surface area contributed by atoms with Gasteiger partial charge in [0, 0.05) is 5.54 Å². The predicted octanol–water partition coefficient (Wildman–Crippen LogP) is 4.48. The van der Waals surface area contributed by atoms with Crippen molar-refractivity contribution in [1.82, 2.24) is 5.32 Å². The van der Waals surface area contributed by atoms with Crippen molar-refractivity contribution in [3.8, 4) is 0 Å². The maximum atomic E-state index is 13.2. The Morgan fingerprint density at radius 3 is 2.55 bits per heavy atom. The molecule has 1 aliphatic rings. The van der Waals surface area contributed by atoms with E-state index in [1.54, 1.807) is 12.1 Å². The van der Waals surface area contributed by atoms with E-state index in [-0.39, 0.29) is 11.4 Å². The van der Waals surface area contributed by atoms with Gasteiger partial charge in [-0.15, -0.1) is 0 Å². The molecule has 0 aliphatic heterocycles. The first-order valence-corrected chi connectivity index (χ1v) is 7.85. The fraction of sp³-hybridized carbons (Fsp3) is 0.667. The standard InChI is InChI=1S/C18H28FN/c1-13-10-17(19)9-8-14(13)11-15-6-5-7-16(15)12-20-18(2,3)4/h8-10,15-16,20H,5-7,11-12H2,1-4H3. The molecule has 0 amide bonds. The third-order valence-corrected chi connectivity index (χ3v) is 4.50. The van der Waals surface area contributed by atoms with Gasteiger partial charge < -0.3 is 5.32 Å². The molecule has 2 unspecified atom stereocenters. The lowest BCUT2D eigenvalue weighted by Gasteiger charge is -2.27. The number of hydrogen-bond donors (Lipinski definition) is 1. The van der Waals surface area contributed by atoms with Crippen LogP contribution < -0.4 is 5.32 Å². The first-order chi connectivity index (χ1) is 9.35. The molecule has 1 aromatic carbocycles. The Bertz CT molecular complexity index is 447. The van der Waals surface area contributed by atoms with Crippen molar-refractivity contribution in [2.24, 2.45) is 11.8 Å². The van der Waals surface area contributed by atoms with Crippen LogP contribution in [-0.2, 0) is 6.42 Å². The van der Waals surface area contributed by atoms with Crippen molar-refractivity contribution in [3.63, 3.8) is 0 Å². The Labute approximate surface area is 123 Å². The van der Waals surface area contributed by atoms with Gasteiger partial charge in [0.1, 0.15) is 5.82 Å². The third kappa shape index (κ3) is 4.31. The largest absolute Gasteiger partial charge is 0.312 e. The lowest BCUT2D eigenvalue weighted by atomic mass is 9.87. The topological polar surface area (TPSA) is 12.0 Å². The van der Waals surface area contributed by atoms with Gasteiger partial charge in [-0.05, 0) is 88.6 Å². The SMILES string of the molecule is Cc1cc(F)ccc1CC1CCCC1CNC(C)(C)C. The monoisotopic (exact) mass is 277 g/mol. The molecule has 1 fully saturated rings. The van der Waals surface area contributed by atoms with Gasteiger partial charge in [0.25, 0.3) is 0 Å². The van der Waals surface area contributed by atoms with E-state index in [0.717, 1.165) is 30.4 Å². The van der Waals surface area contributed by atoms with Crippen LogP contribution in [0.1, 0.15) is 51.2 Å². The lowest BCUT2D eigenvalue weighted by molar-refractivity contribution is 0.317. The minimum Gasteiger partial charge on any atom is -0.312 e. The van der Waals surface area contributed by atoms with E-state index >= 15 is 0 Å². The molecular weight excluding hydrogens is 249 g/mol. The second kappa shape index (κ2) is 6.26. The first-order valence-electron chi connectivity index (χ1n) is 7.85. The van der Waals surface area contributed by atoms with Gasteiger partial charge >= 0.3 is 0 Å². The van der Waals surface area contributed by atoms with Gasteiger partial charge in [-0.1, -0.05) is 12.5 Å². The van der Waals surface area contributed by atoms with E-state index in [2.05, 4.69) is 26.1 Å². The highest BCUT2D eigenvalue weighted by atomic mass is 19.1. The molecule has 0 heterocycles. The quantitative estimate of drug-likeness (QED) is 0.855. The van der Waals surface area contributed by atoms with E-state index in [0.29, 0.717) is 0 Å². The van der Waals surface area contributed by atoms with E-state index in [4.69, 9.17) is 0 Å². The maximum absolute atomic E-state index is 13.2. The number of aryl methyl sites for hydroxylation is 1. The highest BCUT2D eigenvalue weighted by molar-refractivity contribution is 5.27. The third-order valence-electron chi connectivity index (χ3n) is 4.50. The molecule has 2 heteroatoms. The fourth-order valence-corrected chi connectivity index (χ4v) is 3.26. The average molecular weight is 277 g/mol. The van der Waals surface area contributed by atoms with Crippen LogP contribution in [0.4, 0.5) is 4.39 Å². The van der Waals surface area contributed by atoms with Crippen LogP contribution in [0, 0.1) is 24.6 Å². The minimum atomic E-state index is -0.122. The van der Waals surface area contributed by atoms with E-state index in [1.807, 2.05) is 13.0 Å². The molecule has 0 aromatic heterocycles. The summed E-state index contributed by atoms with van der Waals surface area (Å²) in [4.78, 5) is 0. The van der Waals surface area contributed by atoms with E-state index in [1.165, 1.54) is 24.8 Å². The van der Waals surface area contributed by atoms with Crippen LogP contribution >= 0.6 is 0 Å². The summed E-state index contributed by atoms with van der Waals surface area (Å²) in [5, 5.41) is 3.64.